The second-order valence-corrected chi connectivity index (χ2v) is 6.01. The molecule has 6 heteroatoms. The van der Waals surface area contributed by atoms with Crippen LogP contribution in [0, 0.1) is 11.6 Å². The van der Waals surface area contributed by atoms with E-state index in [1.807, 2.05) is 20.8 Å². The third kappa shape index (κ3) is 3.47. The van der Waals surface area contributed by atoms with E-state index in [4.69, 9.17) is 0 Å². The first kappa shape index (κ1) is 13.9. The number of rotatable bonds is 3. The van der Waals surface area contributed by atoms with Gasteiger partial charge in [0.2, 0.25) is 5.13 Å². The first-order chi connectivity index (χ1) is 8.86. The number of aromatic nitrogens is 2. The standard InChI is InChI=1S/C13H15F2N3S/c1-13(2,3)11-17-12(19-18-11)16-7-8-4-5-9(14)6-10(8)15/h4-6H,7H2,1-3H3,(H,16,17,18). The van der Waals surface area contributed by atoms with Crippen LogP contribution < -0.4 is 5.32 Å². The van der Waals surface area contributed by atoms with Crippen molar-refractivity contribution in [1.29, 1.82) is 0 Å². The van der Waals surface area contributed by atoms with Crippen LogP contribution in [0.1, 0.15) is 32.2 Å². The molecule has 2 aromatic rings. The summed E-state index contributed by atoms with van der Waals surface area (Å²) in [7, 11) is 0. The van der Waals surface area contributed by atoms with Crippen LogP contribution in [0.5, 0.6) is 0 Å². The van der Waals surface area contributed by atoms with Crippen LogP contribution in [0.4, 0.5) is 13.9 Å². The van der Waals surface area contributed by atoms with E-state index in [9.17, 15) is 8.78 Å². The summed E-state index contributed by atoms with van der Waals surface area (Å²) >= 11 is 1.24. The molecule has 0 aliphatic rings. The van der Waals surface area contributed by atoms with Gasteiger partial charge >= 0.3 is 0 Å². The molecule has 0 saturated heterocycles. The van der Waals surface area contributed by atoms with E-state index in [2.05, 4.69) is 14.7 Å². The maximum Gasteiger partial charge on any atom is 0.202 e. The minimum atomic E-state index is -0.577. The highest BCUT2D eigenvalue weighted by Gasteiger charge is 2.19. The summed E-state index contributed by atoms with van der Waals surface area (Å²) in [5, 5.41) is 3.63. The highest BCUT2D eigenvalue weighted by atomic mass is 32.1. The lowest BCUT2D eigenvalue weighted by molar-refractivity contribution is 0.555. The summed E-state index contributed by atoms with van der Waals surface area (Å²) in [4.78, 5) is 4.34. The van der Waals surface area contributed by atoms with E-state index in [1.165, 1.54) is 23.7 Å². The molecule has 0 atom stereocenters. The first-order valence-electron chi connectivity index (χ1n) is 5.88. The fraction of sp³-hybridized carbons (Fsp3) is 0.385. The number of hydrogen-bond acceptors (Lipinski definition) is 4. The Morgan fingerprint density at radius 1 is 1.26 bits per heavy atom. The molecule has 0 aliphatic heterocycles. The number of anilines is 1. The van der Waals surface area contributed by atoms with Crippen molar-refractivity contribution >= 4 is 16.7 Å². The van der Waals surface area contributed by atoms with Gasteiger partial charge in [0.25, 0.3) is 0 Å². The van der Waals surface area contributed by atoms with Gasteiger partial charge in [-0.15, -0.1) is 0 Å². The van der Waals surface area contributed by atoms with Gasteiger partial charge in [-0.2, -0.15) is 4.37 Å². The number of benzene rings is 1. The van der Waals surface area contributed by atoms with E-state index in [0.29, 0.717) is 10.7 Å². The maximum atomic E-state index is 13.4. The molecule has 0 spiro atoms. The van der Waals surface area contributed by atoms with Crippen LogP contribution in [0.3, 0.4) is 0 Å². The predicted octanol–water partition coefficient (Wildman–Crippen LogP) is 3.73. The lowest BCUT2D eigenvalue weighted by Gasteiger charge is -2.12. The first-order valence-corrected chi connectivity index (χ1v) is 6.65. The van der Waals surface area contributed by atoms with Gasteiger partial charge in [-0.25, -0.2) is 13.8 Å². The minimum Gasteiger partial charge on any atom is -0.356 e. The molecule has 2 rings (SSSR count). The topological polar surface area (TPSA) is 37.8 Å². The van der Waals surface area contributed by atoms with Gasteiger partial charge in [-0.05, 0) is 6.07 Å². The van der Waals surface area contributed by atoms with Crippen LogP contribution >= 0.6 is 11.5 Å². The van der Waals surface area contributed by atoms with E-state index in [1.54, 1.807) is 0 Å². The fourth-order valence-corrected chi connectivity index (χ4v) is 2.19. The molecule has 0 radical (unpaired) electrons. The highest BCUT2D eigenvalue weighted by Crippen LogP contribution is 2.23. The van der Waals surface area contributed by atoms with Crippen molar-refractivity contribution in [3.8, 4) is 0 Å². The van der Waals surface area contributed by atoms with Crippen molar-refractivity contribution in [3.63, 3.8) is 0 Å². The third-order valence-corrected chi connectivity index (χ3v) is 3.21. The Labute approximate surface area is 114 Å². The van der Waals surface area contributed by atoms with Gasteiger partial charge in [0, 0.05) is 35.1 Å². The lowest BCUT2D eigenvalue weighted by atomic mass is 9.96. The molecule has 19 heavy (non-hydrogen) atoms. The summed E-state index contributed by atoms with van der Waals surface area (Å²) in [5.41, 5.74) is 0.284. The van der Waals surface area contributed by atoms with Crippen molar-refractivity contribution in [2.24, 2.45) is 0 Å². The van der Waals surface area contributed by atoms with Gasteiger partial charge < -0.3 is 5.32 Å². The molecule has 0 unspecified atom stereocenters. The van der Waals surface area contributed by atoms with E-state index in [-0.39, 0.29) is 12.0 Å². The summed E-state index contributed by atoms with van der Waals surface area (Å²) in [6.45, 7) is 6.33. The molecular weight excluding hydrogens is 268 g/mol. The van der Waals surface area contributed by atoms with Crippen LogP contribution in [-0.4, -0.2) is 9.36 Å². The summed E-state index contributed by atoms with van der Waals surface area (Å²) in [6, 6.07) is 3.53. The highest BCUT2D eigenvalue weighted by molar-refractivity contribution is 7.09. The zero-order valence-electron chi connectivity index (χ0n) is 11.0. The molecule has 0 amide bonds. The second-order valence-electron chi connectivity index (χ2n) is 5.26. The molecular formula is C13H15F2N3S. The zero-order chi connectivity index (χ0) is 14.0. The van der Waals surface area contributed by atoms with Gasteiger partial charge in [-0.3, -0.25) is 0 Å². The predicted molar refractivity (Wildman–Crippen MR) is 72.3 cm³/mol. The molecule has 3 nitrogen and oxygen atoms in total. The van der Waals surface area contributed by atoms with E-state index < -0.39 is 11.6 Å². The normalized spacial score (nSPS) is 11.6. The molecule has 102 valence electrons. The van der Waals surface area contributed by atoms with Gasteiger partial charge in [0.15, 0.2) is 0 Å². The number of nitrogens with one attached hydrogen (secondary N) is 1. The van der Waals surface area contributed by atoms with E-state index >= 15 is 0 Å². The molecule has 1 N–H and O–H groups in total. The summed E-state index contributed by atoms with van der Waals surface area (Å²) in [6.07, 6.45) is 0. The van der Waals surface area contributed by atoms with Crippen LogP contribution in [0.2, 0.25) is 0 Å². The zero-order valence-corrected chi connectivity index (χ0v) is 11.8. The Morgan fingerprint density at radius 2 is 2.00 bits per heavy atom. The van der Waals surface area contributed by atoms with E-state index in [0.717, 1.165) is 11.9 Å². The smallest absolute Gasteiger partial charge is 0.202 e. The van der Waals surface area contributed by atoms with Crippen LogP contribution in [0.15, 0.2) is 18.2 Å². The van der Waals surface area contributed by atoms with Crippen LogP contribution in [0.25, 0.3) is 0 Å². The van der Waals surface area contributed by atoms with Gasteiger partial charge in [0.05, 0.1) is 0 Å². The Morgan fingerprint density at radius 3 is 2.58 bits per heavy atom. The average Bonchev–Trinajstić information content (AvgIpc) is 2.76. The maximum absolute atomic E-state index is 13.4. The Balaban J connectivity index is 2.04. The second kappa shape index (κ2) is 5.21. The average molecular weight is 283 g/mol. The Bertz CT molecular complexity index is 576. The number of nitrogens with zero attached hydrogens (tertiary/aromatic N) is 2. The lowest BCUT2D eigenvalue weighted by Crippen LogP contribution is -2.13. The van der Waals surface area contributed by atoms with Gasteiger partial charge in [0.1, 0.15) is 17.5 Å². The number of halogens is 2. The van der Waals surface area contributed by atoms with Crippen molar-refractivity contribution in [2.75, 3.05) is 5.32 Å². The Kier molecular flexibility index (Phi) is 3.80. The third-order valence-electron chi connectivity index (χ3n) is 2.54. The Hall–Kier alpha value is -1.56. The largest absolute Gasteiger partial charge is 0.356 e. The monoisotopic (exact) mass is 283 g/mol. The molecule has 0 bridgehead atoms. The van der Waals surface area contributed by atoms with Crippen molar-refractivity contribution in [2.45, 2.75) is 32.7 Å². The summed E-state index contributed by atoms with van der Waals surface area (Å²) in [5.74, 6) is -0.389. The summed E-state index contributed by atoms with van der Waals surface area (Å²) < 4.78 is 30.5. The molecule has 0 aliphatic carbocycles. The molecule has 1 aromatic carbocycles. The van der Waals surface area contributed by atoms with Crippen molar-refractivity contribution < 1.29 is 8.78 Å². The fourth-order valence-electron chi connectivity index (χ4n) is 1.44. The SMILES string of the molecule is CC(C)(C)c1nsc(NCc2ccc(F)cc2F)n1. The molecule has 1 heterocycles. The molecule has 0 fully saturated rings. The van der Waals surface area contributed by atoms with Crippen molar-refractivity contribution in [1.82, 2.24) is 9.36 Å². The number of hydrogen-bond donors (Lipinski definition) is 1. The van der Waals surface area contributed by atoms with Crippen LogP contribution in [-0.2, 0) is 12.0 Å². The van der Waals surface area contributed by atoms with Crippen molar-refractivity contribution in [3.05, 3.63) is 41.2 Å². The minimum absolute atomic E-state index is 0.114. The molecule has 1 aromatic heterocycles. The quantitative estimate of drug-likeness (QED) is 0.932. The van der Waals surface area contributed by atoms with Gasteiger partial charge in [-0.1, -0.05) is 26.8 Å². The molecule has 0 saturated carbocycles.